The fraction of sp³-hybridized carbons (Fsp3) is 0.194. The molecule has 0 unspecified atom stereocenters. The maximum atomic E-state index is 6.60. The smallest absolute Gasteiger partial charge is 0.133 e. The second-order valence-electron chi connectivity index (χ2n) is 21.0. The molecule has 9 aromatic rings. The van der Waals surface area contributed by atoms with Crippen molar-refractivity contribution in [2.45, 2.75) is 73.0 Å². The summed E-state index contributed by atoms with van der Waals surface area (Å²) in [6.45, 7) is 29.8. The predicted octanol–water partition coefficient (Wildman–Crippen LogP) is 15.3. The minimum atomic E-state index is -1.49. The molecule has 0 aliphatic rings. The van der Waals surface area contributed by atoms with Gasteiger partial charge >= 0.3 is 0 Å². The Hall–Kier alpha value is -6.23. The summed E-state index contributed by atoms with van der Waals surface area (Å²) in [7, 11) is 7.18. The second kappa shape index (κ2) is 19.2. The molecule has 0 bridgehead atoms. The summed E-state index contributed by atoms with van der Waals surface area (Å²) in [5.74, 6) is 0. The van der Waals surface area contributed by atoms with Crippen LogP contribution in [0.25, 0.3) is 77.8 Å². The zero-order chi connectivity index (χ0) is 47.1. The summed E-state index contributed by atoms with van der Waals surface area (Å²) in [5.41, 5.74) is 17.9. The molecule has 343 valence electrons. The molecule has 67 heavy (non-hydrogen) atoms. The molecule has 3 nitrogen and oxygen atoms in total. The van der Waals surface area contributed by atoms with Gasteiger partial charge in [-0.1, -0.05) is 193 Å². The van der Waals surface area contributed by atoms with Crippen molar-refractivity contribution in [1.29, 1.82) is 0 Å². The number of pyridine rings is 2. The van der Waals surface area contributed by atoms with E-state index in [0.717, 1.165) is 78.7 Å². The minimum absolute atomic E-state index is 0. The average Bonchev–Trinajstić information content (AvgIpc) is 3.66. The Labute approximate surface area is 414 Å². The molecule has 3 heterocycles. The standard InChI is InChI=1S/C35H30NO.C27H34NSi.Ir/c1-23-20-29(26-14-11-15-27(21-26)35(2,3)4)33-28-16-9-10-17-31(28)37-34(33)32(23)30-22-25(18-19-36(30)5)24-12-7-6-8-13-24;1-20-14-15-22(21-12-10-9-11-13-21)16-24(20)25-17-23(18-27(2,3)4)26(19-28(25)5)29(6,7)8;/h6-22H,1,5H2,2-4H3;9-17,19H,1,5,18H2,2-4,6-8H3;/q2*-1;. The van der Waals surface area contributed by atoms with Crippen LogP contribution in [-0.2, 0) is 31.9 Å². The van der Waals surface area contributed by atoms with Crippen molar-refractivity contribution in [2.24, 2.45) is 5.41 Å². The number of nitrogens with zero attached hydrogens (tertiary/aromatic N) is 2. The summed E-state index contributed by atoms with van der Waals surface area (Å²) in [5, 5.41) is 3.70. The van der Waals surface area contributed by atoms with E-state index in [0.29, 0.717) is 0 Å². The van der Waals surface area contributed by atoms with Crippen molar-refractivity contribution >= 4 is 35.2 Å². The number of para-hydroxylation sites is 1. The van der Waals surface area contributed by atoms with Crippen LogP contribution in [0.2, 0.25) is 19.6 Å². The first-order valence-corrected chi connectivity index (χ1v) is 26.5. The van der Waals surface area contributed by atoms with E-state index in [9.17, 15) is 0 Å². The number of hydrogen-bond acceptors (Lipinski definition) is 1. The van der Waals surface area contributed by atoms with E-state index in [1.807, 2.05) is 29.0 Å². The zero-order valence-electron chi connectivity index (χ0n) is 40.8. The van der Waals surface area contributed by atoms with Gasteiger partial charge < -0.3 is 13.6 Å². The molecule has 5 heteroatoms. The summed E-state index contributed by atoms with van der Waals surface area (Å²) in [4.78, 5) is 0. The zero-order valence-corrected chi connectivity index (χ0v) is 44.2. The number of aromatic nitrogens is 2. The number of furan rings is 1. The predicted molar refractivity (Wildman–Crippen MR) is 283 cm³/mol. The van der Waals surface area contributed by atoms with Gasteiger partial charge in [0.05, 0.1) is 37.4 Å². The van der Waals surface area contributed by atoms with Gasteiger partial charge in [0.25, 0.3) is 0 Å². The SMILES string of the molecule is [CH2-]c1cc(-c2cccc(C(C)(C)C)c2)c2c(oc3ccccc32)c1-c1cc(-c2ccccc2)cc[n+]1[CH2-].[CH2-]c1ccc(-c2ccccc2)cc1-c1cc(CC(C)(C)C)c([Si](C)(C)C)c[n+]1[CH2-].[Ir]. The van der Waals surface area contributed by atoms with Gasteiger partial charge in [0.15, 0.2) is 0 Å². The molecular weight excluding hydrogens is 1010 g/mol. The Morgan fingerprint density at radius 2 is 1.16 bits per heavy atom. The van der Waals surface area contributed by atoms with E-state index in [1.165, 1.54) is 33.0 Å². The van der Waals surface area contributed by atoms with Gasteiger partial charge in [0.2, 0.25) is 0 Å². The van der Waals surface area contributed by atoms with Gasteiger partial charge in [0.1, 0.15) is 5.58 Å². The molecule has 0 aliphatic heterocycles. The fourth-order valence-electron chi connectivity index (χ4n) is 9.05. The molecule has 0 saturated carbocycles. The van der Waals surface area contributed by atoms with Crippen molar-refractivity contribution in [3.63, 3.8) is 0 Å². The summed E-state index contributed by atoms with van der Waals surface area (Å²) in [6, 6.07) is 53.4. The number of hydrogen-bond donors (Lipinski definition) is 0. The van der Waals surface area contributed by atoms with Crippen molar-refractivity contribution in [3.8, 4) is 55.9 Å². The molecule has 0 fully saturated rings. The van der Waals surface area contributed by atoms with Gasteiger partial charge in [-0.05, 0) is 68.0 Å². The maximum Gasteiger partial charge on any atom is 0.133 e. The molecule has 3 aromatic heterocycles. The first kappa shape index (κ1) is 48.7. The Bertz CT molecular complexity index is 3200. The first-order chi connectivity index (χ1) is 31.3. The number of fused-ring (bicyclic) bond motifs is 3. The number of rotatable bonds is 7. The summed E-state index contributed by atoms with van der Waals surface area (Å²) in [6.07, 6.45) is 5.34. The Morgan fingerprint density at radius 3 is 1.79 bits per heavy atom. The normalized spacial score (nSPS) is 11.8. The summed E-state index contributed by atoms with van der Waals surface area (Å²) < 4.78 is 10.6. The van der Waals surface area contributed by atoms with Gasteiger partial charge in [-0.2, -0.15) is 37.1 Å². The van der Waals surface area contributed by atoms with E-state index < -0.39 is 8.07 Å². The molecule has 0 aliphatic carbocycles. The molecule has 6 aromatic carbocycles. The second-order valence-corrected chi connectivity index (χ2v) is 26.1. The first-order valence-electron chi connectivity index (χ1n) is 23.0. The molecule has 0 N–H and O–H groups in total. The van der Waals surface area contributed by atoms with Crippen molar-refractivity contribution in [1.82, 2.24) is 0 Å². The molecule has 9 rings (SSSR count). The monoisotopic (exact) mass is 1070 g/mol. The number of benzene rings is 6. The Balaban J connectivity index is 0.000000202. The molecule has 0 spiro atoms. The minimum Gasteiger partial charge on any atom is -0.469 e. The van der Waals surface area contributed by atoms with Crippen molar-refractivity contribution in [3.05, 3.63) is 214 Å². The molecule has 0 saturated heterocycles. The average molecular weight is 1070 g/mol. The van der Waals surface area contributed by atoms with Crippen LogP contribution in [0.4, 0.5) is 0 Å². The van der Waals surface area contributed by atoms with Crippen LogP contribution in [-0.4, -0.2) is 8.07 Å². The van der Waals surface area contributed by atoms with E-state index in [1.54, 1.807) is 0 Å². The van der Waals surface area contributed by atoms with E-state index >= 15 is 0 Å². The van der Waals surface area contributed by atoms with Gasteiger partial charge in [-0.15, -0.1) is 17.7 Å². The van der Waals surface area contributed by atoms with Crippen LogP contribution >= 0.6 is 0 Å². The quantitative estimate of drug-likeness (QED) is 0.0885. The Morgan fingerprint density at radius 1 is 0.552 bits per heavy atom. The third-order valence-corrected chi connectivity index (χ3v) is 14.5. The Kier molecular flexibility index (Phi) is 13.9. The van der Waals surface area contributed by atoms with Gasteiger partial charge in [-0.3, -0.25) is 0 Å². The van der Waals surface area contributed by atoms with Crippen LogP contribution < -0.4 is 14.3 Å². The van der Waals surface area contributed by atoms with Crippen molar-refractivity contribution in [2.75, 3.05) is 0 Å². The third-order valence-electron chi connectivity index (χ3n) is 12.4. The van der Waals surface area contributed by atoms with Crippen LogP contribution in [0.1, 0.15) is 63.8 Å². The molecule has 0 atom stereocenters. The topological polar surface area (TPSA) is 20.9 Å². The van der Waals surface area contributed by atoms with Crippen LogP contribution in [0.3, 0.4) is 0 Å². The molecular formula is C62H64IrN2OSi-2. The summed E-state index contributed by atoms with van der Waals surface area (Å²) >= 11 is 0. The van der Waals surface area contributed by atoms with Crippen LogP contribution in [0.15, 0.2) is 168 Å². The van der Waals surface area contributed by atoms with Gasteiger partial charge in [-0.25, -0.2) is 0 Å². The van der Waals surface area contributed by atoms with Gasteiger partial charge in [0, 0.05) is 45.0 Å². The fourth-order valence-corrected chi connectivity index (χ4v) is 10.7. The third kappa shape index (κ3) is 10.5. The molecule has 0 amide bonds. The van der Waals surface area contributed by atoms with Crippen molar-refractivity contribution < 1.29 is 33.7 Å². The van der Waals surface area contributed by atoms with E-state index in [4.69, 9.17) is 4.42 Å². The van der Waals surface area contributed by atoms with E-state index in [2.05, 4.69) is 233 Å². The van der Waals surface area contributed by atoms with Crippen LogP contribution in [0, 0.1) is 33.4 Å². The van der Waals surface area contributed by atoms with Crippen LogP contribution in [0.5, 0.6) is 0 Å². The maximum absolute atomic E-state index is 6.60. The molecule has 1 radical (unpaired) electrons. The van der Waals surface area contributed by atoms with E-state index in [-0.39, 0.29) is 30.9 Å². The largest absolute Gasteiger partial charge is 0.469 e.